The molecule has 1 aromatic carbocycles. The fraction of sp³-hybridized carbons (Fsp3) is 0.312. The van der Waals surface area contributed by atoms with E-state index in [1.165, 1.54) is 5.56 Å². The van der Waals surface area contributed by atoms with Crippen LogP contribution in [0.4, 0.5) is 0 Å². The molecule has 2 aromatic rings. The number of aromatic nitrogens is 1. The van der Waals surface area contributed by atoms with Gasteiger partial charge in [0.25, 0.3) is 0 Å². The normalized spacial score (nSPS) is 12.6. The van der Waals surface area contributed by atoms with E-state index < -0.39 is 0 Å². The lowest BCUT2D eigenvalue weighted by atomic mass is 10.0. The second-order valence-electron chi connectivity index (χ2n) is 4.86. The summed E-state index contributed by atoms with van der Waals surface area (Å²) in [6, 6.07) is 16.7. The Labute approximate surface area is 115 Å². The molecule has 0 aliphatic carbocycles. The zero-order valence-electron chi connectivity index (χ0n) is 11.6. The van der Waals surface area contributed by atoms with E-state index in [0.717, 1.165) is 18.8 Å². The van der Waals surface area contributed by atoms with E-state index >= 15 is 0 Å². The van der Waals surface area contributed by atoms with Crippen molar-refractivity contribution in [2.45, 2.75) is 6.04 Å². The van der Waals surface area contributed by atoms with Gasteiger partial charge in [-0.1, -0.05) is 36.4 Å². The molecule has 0 saturated heterocycles. The first kappa shape index (κ1) is 13.7. The summed E-state index contributed by atoms with van der Waals surface area (Å²) in [6.45, 7) is 1.94. The maximum Gasteiger partial charge on any atom is 0.0751 e. The van der Waals surface area contributed by atoms with Gasteiger partial charge < -0.3 is 10.2 Å². The lowest BCUT2D eigenvalue weighted by molar-refractivity contribution is 0.391. The van der Waals surface area contributed by atoms with Gasteiger partial charge in [0, 0.05) is 19.3 Å². The summed E-state index contributed by atoms with van der Waals surface area (Å²) in [6.07, 6.45) is 1.85. The Morgan fingerprint density at radius 2 is 1.79 bits per heavy atom. The van der Waals surface area contributed by atoms with Gasteiger partial charge in [0.2, 0.25) is 0 Å². The molecule has 0 radical (unpaired) electrons. The summed E-state index contributed by atoms with van der Waals surface area (Å²) in [5.41, 5.74) is 2.31. The average Bonchev–Trinajstić information content (AvgIpc) is 2.45. The van der Waals surface area contributed by atoms with Crippen LogP contribution in [0, 0.1) is 0 Å². The third kappa shape index (κ3) is 4.16. The lowest BCUT2D eigenvalue weighted by Gasteiger charge is -2.20. The van der Waals surface area contributed by atoms with Crippen LogP contribution in [-0.4, -0.2) is 37.1 Å². The summed E-state index contributed by atoms with van der Waals surface area (Å²) < 4.78 is 0. The zero-order valence-corrected chi connectivity index (χ0v) is 11.6. The van der Waals surface area contributed by atoms with Crippen molar-refractivity contribution in [2.75, 3.05) is 27.2 Å². The molecule has 1 aromatic heterocycles. The van der Waals surface area contributed by atoms with Gasteiger partial charge >= 0.3 is 0 Å². The number of rotatable bonds is 6. The Kier molecular flexibility index (Phi) is 5.07. The molecule has 1 unspecified atom stereocenters. The smallest absolute Gasteiger partial charge is 0.0751 e. The number of nitrogens with one attached hydrogen (secondary N) is 1. The summed E-state index contributed by atoms with van der Waals surface area (Å²) in [4.78, 5) is 6.65. The monoisotopic (exact) mass is 255 g/mol. The predicted molar refractivity (Wildman–Crippen MR) is 79.1 cm³/mol. The predicted octanol–water partition coefficient (Wildman–Crippen LogP) is 2.32. The first-order valence-electron chi connectivity index (χ1n) is 6.61. The lowest BCUT2D eigenvalue weighted by Crippen LogP contribution is -2.30. The van der Waals surface area contributed by atoms with Crippen LogP contribution in [0.25, 0.3) is 0 Å². The van der Waals surface area contributed by atoms with Crippen molar-refractivity contribution in [3.8, 4) is 0 Å². The number of nitrogens with zero attached hydrogens (tertiary/aromatic N) is 2. The van der Waals surface area contributed by atoms with E-state index in [-0.39, 0.29) is 6.04 Å². The zero-order chi connectivity index (χ0) is 13.5. The van der Waals surface area contributed by atoms with E-state index in [9.17, 15) is 0 Å². The third-order valence-corrected chi connectivity index (χ3v) is 3.02. The van der Waals surface area contributed by atoms with E-state index in [1.54, 1.807) is 0 Å². The molecule has 3 heteroatoms. The molecule has 0 fully saturated rings. The Bertz CT molecular complexity index is 428. The molecule has 19 heavy (non-hydrogen) atoms. The molecule has 3 nitrogen and oxygen atoms in total. The van der Waals surface area contributed by atoms with Crippen LogP contribution < -0.4 is 5.32 Å². The first-order valence-corrected chi connectivity index (χ1v) is 6.61. The van der Waals surface area contributed by atoms with E-state index in [0.29, 0.717) is 0 Å². The second-order valence-corrected chi connectivity index (χ2v) is 4.86. The van der Waals surface area contributed by atoms with Gasteiger partial charge in [-0.3, -0.25) is 4.98 Å². The molecule has 100 valence electrons. The van der Waals surface area contributed by atoms with Gasteiger partial charge in [0.05, 0.1) is 11.7 Å². The van der Waals surface area contributed by atoms with Crippen molar-refractivity contribution in [3.05, 3.63) is 66.0 Å². The van der Waals surface area contributed by atoms with Crippen molar-refractivity contribution in [2.24, 2.45) is 0 Å². The fourth-order valence-corrected chi connectivity index (χ4v) is 2.02. The molecule has 0 saturated carbocycles. The van der Waals surface area contributed by atoms with E-state index in [4.69, 9.17) is 0 Å². The molecule has 0 aliphatic heterocycles. The third-order valence-electron chi connectivity index (χ3n) is 3.02. The molecule has 1 N–H and O–H groups in total. The van der Waals surface area contributed by atoms with Gasteiger partial charge in [-0.05, 0) is 31.8 Å². The molecule has 1 heterocycles. The van der Waals surface area contributed by atoms with E-state index in [2.05, 4.69) is 59.6 Å². The second kappa shape index (κ2) is 7.02. The molecule has 0 spiro atoms. The Hall–Kier alpha value is -1.71. The Morgan fingerprint density at radius 1 is 1.05 bits per heavy atom. The molecular weight excluding hydrogens is 234 g/mol. The number of benzene rings is 1. The number of hydrogen-bond acceptors (Lipinski definition) is 3. The number of pyridine rings is 1. The summed E-state index contributed by atoms with van der Waals surface area (Å²) in [5, 5.41) is 3.58. The van der Waals surface area contributed by atoms with Gasteiger partial charge in [0.15, 0.2) is 0 Å². The highest BCUT2D eigenvalue weighted by Crippen LogP contribution is 2.19. The largest absolute Gasteiger partial charge is 0.308 e. The summed E-state index contributed by atoms with van der Waals surface area (Å²) >= 11 is 0. The van der Waals surface area contributed by atoms with Crippen LogP contribution in [0.15, 0.2) is 54.7 Å². The number of likely N-dealkylation sites (N-methyl/N-ethyl adjacent to an activating group) is 1. The van der Waals surface area contributed by atoms with Crippen LogP contribution in [0.3, 0.4) is 0 Å². The number of hydrogen-bond donors (Lipinski definition) is 1. The summed E-state index contributed by atoms with van der Waals surface area (Å²) in [5.74, 6) is 0. The van der Waals surface area contributed by atoms with E-state index in [1.807, 2.05) is 24.4 Å². The highest BCUT2D eigenvalue weighted by atomic mass is 15.1. The van der Waals surface area contributed by atoms with Gasteiger partial charge in [-0.2, -0.15) is 0 Å². The SMILES string of the molecule is CN(C)CCNC(c1ccccc1)c1ccccn1. The van der Waals surface area contributed by atoms with Crippen molar-refractivity contribution in [1.82, 2.24) is 15.2 Å². The molecule has 0 bridgehead atoms. The van der Waals surface area contributed by atoms with Crippen molar-refractivity contribution >= 4 is 0 Å². The van der Waals surface area contributed by atoms with Crippen LogP contribution in [0.1, 0.15) is 17.3 Å². The van der Waals surface area contributed by atoms with Crippen LogP contribution >= 0.6 is 0 Å². The average molecular weight is 255 g/mol. The van der Waals surface area contributed by atoms with Gasteiger partial charge in [-0.25, -0.2) is 0 Å². The maximum atomic E-state index is 4.48. The van der Waals surface area contributed by atoms with Crippen LogP contribution in [0.2, 0.25) is 0 Å². The highest BCUT2D eigenvalue weighted by molar-refractivity contribution is 5.27. The quantitative estimate of drug-likeness (QED) is 0.858. The maximum absolute atomic E-state index is 4.48. The van der Waals surface area contributed by atoms with Crippen LogP contribution in [0.5, 0.6) is 0 Å². The molecule has 1 atom stereocenters. The van der Waals surface area contributed by atoms with Crippen molar-refractivity contribution < 1.29 is 0 Å². The standard InChI is InChI=1S/C16H21N3/c1-19(2)13-12-18-16(14-8-4-3-5-9-14)15-10-6-7-11-17-15/h3-11,16,18H,12-13H2,1-2H3. The molecular formula is C16H21N3. The topological polar surface area (TPSA) is 28.2 Å². The first-order chi connectivity index (χ1) is 9.27. The van der Waals surface area contributed by atoms with Gasteiger partial charge in [-0.15, -0.1) is 0 Å². The minimum Gasteiger partial charge on any atom is -0.308 e. The molecule has 0 aliphatic rings. The Morgan fingerprint density at radius 3 is 2.42 bits per heavy atom. The van der Waals surface area contributed by atoms with Crippen LogP contribution in [-0.2, 0) is 0 Å². The van der Waals surface area contributed by atoms with Crippen molar-refractivity contribution in [3.63, 3.8) is 0 Å². The minimum atomic E-state index is 0.155. The highest BCUT2D eigenvalue weighted by Gasteiger charge is 2.13. The summed E-state index contributed by atoms with van der Waals surface area (Å²) in [7, 11) is 4.17. The molecule has 2 rings (SSSR count). The minimum absolute atomic E-state index is 0.155. The molecule has 0 amide bonds. The van der Waals surface area contributed by atoms with Crippen molar-refractivity contribution in [1.29, 1.82) is 0 Å². The fourth-order valence-electron chi connectivity index (χ4n) is 2.02. The Balaban J connectivity index is 2.14. The van der Waals surface area contributed by atoms with Gasteiger partial charge in [0.1, 0.15) is 0 Å².